The quantitative estimate of drug-likeness (QED) is 0.756. The maximum absolute atomic E-state index is 9.23. The predicted octanol–water partition coefficient (Wildman–Crippen LogP) is 0.919. The van der Waals surface area contributed by atoms with E-state index < -0.39 is 5.54 Å². The molecule has 3 N–H and O–H groups in total. The van der Waals surface area contributed by atoms with E-state index in [1.165, 1.54) is 6.33 Å². The van der Waals surface area contributed by atoms with Gasteiger partial charge in [-0.2, -0.15) is 0 Å². The van der Waals surface area contributed by atoms with Crippen molar-refractivity contribution in [2.24, 2.45) is 0 Å². The van der Waals surface area contributed by atoms with Gasteiger partial charge in [-0.25, -0.2) is 9.97 Å². The lowest BCUT2D eigenvalue weighted by atomic mass is 10.1. The average Bonchev–Trinajstić information content (AvgIpc) is 2.21. The average molecular weight is 231 g/mol. The number of anilines is 2. The van der Waals surface area contributed by atoms with Gasteiger partial charge >= 0.3 is 0 Å². The first-order valence-corrected chi connectivity index (χ1v) is 4.88. The molecule has 0 aliphatic heterocycles. The Labute approximate surface area is 93.9 Å². The third kappa shape index (κ3) is 2.30. The van der Waals surface area contributed by atoms with Crippen LogP contribution in [0.25, 0.3) is 0 Å². The van der Waals surface area contributed by atoms with Crippen molar-refractivity contribution >= 4 is 23.1 Å². The minimum atomic E-state index is -0.453. The van der Waals surface area contributed by atoms with Crippen LogP contribution >= 0.6 is 11.6 Å². The number of nitrogens with two attached hydrogens (primary N) is 1. The Morgan fingerprint density at radius 1 is 1.53 bits per heavy atom. The lowest BCUT2D eigenvalue weighted by Crippen LogP contribution is -2.45. The molecular weight excluding hydrogens is 216 g/mol. The topological polar surface area (TPSA) is 75.3 Å². The SMILES string of the molecule is CN(c1ncnc(Cl)c1N)C(C)(C)CO. The van der Waals surface area contributed by atoms with Crippen molar-refractivity contribution in [3.63, 3.8) is 0 Å². The van der Waals surface area contributed by atoms with Gasteiger partial charge in [-0.3, -0.25) is 0 Å². The summed E-state index contributed by atoms with van der Waals surface area (Å²) in [7, 11) is 1.80. The lowest BCUT2D eigenvalue weighted by Gasteiger charge is -2.35. The number of hydrogen-bond acceptors (Lipinski definition) is 5. The highest BCUT2D eigenvalue weighted by Gasteiger charge is 2.25. The van der Waals surface area contributed by atoms with Crippen LogP contribution in [0.1, 0.15) is 13.8 Å². The van der Waals surface area contributed by atoms with Crippen LogP contribution in [0.2, 0.25) is 5.15 Å². The van der Waals surface area contributed by atoms with Crippen LogP contribution in [0.4, 0.5) is 11.5 Å². The van der Waals surface area contributed by atoms with E-state index in [9.17, 15) is 5.11 Å². The van der Waals surface area contributed by atoms with Crippen molar-refractivity contribution in [1.29, 1.82) is 0 Å². The van der Waals surface area contributed by atoms with Crippen LogP contribution in [0.5, 0.6) is 0 Å². The number of aromatic nitrogens is 2. The summed E-state index contributed by atoms with van der Waals surface area (Å²) in [5, 5.41) is 9.45. The molecule has 1 aromatic heterocycles. The van der Waals surface area contributed by atoms with Crippen LogP contribution in [-0.4, -0.2) is 34.3 Å². The van der Waals surface area contributed by atoms with Gasteiger partial charge < -0.3 is 15.7 Å². The van der Waals surface area contributed by atoms with Crippen LogP contribution in [0.15, 0.2) is 6.33 Å². The van der Waals surface area contributed by atoms with E-state index in [1.807, 2.05) is 13.8 Å². The molecule has 5 nitrogen and oxygen atoms in total. The monoisotopic (exact) mass is 230 g/mol. The minimum absolute atomic E-state index is 0.00936. The van der Waals surface area contributed by atoms with Gasteiger partial charge in [0.05, 0.1) is 12.1 Å². The van der Waals surface area contributed by atoms with E-state index in [0.29, 0.717) is 11.5 Å². The Kier molecular flexibility index (Phi) is 3.36. The van der Waals surface area contributed by atoms with Crippen molar-refractivity contribution in [3.8, 4) is 0 Å². The van der Waals surface area contributed by atoms with Gasteiger partial charge in [0.15, 0.2) is 11.0 Å². The highest BCUT2D eigenvalue weighted by Crippen LogP contribution is 2.28. The third-order valence-corrected chi connectivity index (χ3v) is 2.73. The number of aliphatic hydroxyl groups is 1. The van der Waals surface area contributed by atoms with Crippen molar-refractivity contribution in [1.82, 2.24) is 9.97 Å². The van der Waals surface area contributed by atoms with Gasteiger partial charge in [-0.05, 0) is 13.8 Å². The molecular formula is C9H15ClN4O. The molecule has 84 valence electrons. The second-order valence-corrected chi connectivity index (χ2v) is 4.29. The first-order chi connectivity index (χ1) is 6.90. The predicted molar refractivity (Wildman–Crippen MR) is 61.0 cm³/mol. The Hall–Kier alpha value is -1.07. The molecule has 0 radical (unpaired) electrons. The van der Waals surface area contributed by atoms with E-state index in [2.05, 4.69) is 9.97 Å². The molecule has 15 heavy (non-hydrogen) atoms. The summed E-state index contributed by atoms with van der Waals surface area (Å²) in [6.07, 6.45) is 1.35. The molecule has 0 saturated carbocycles. The maximum Gasteiger partial charge on any atom is 0.157 e. The number of nitrogen functional groups attached to an aromatic ring is 1. The summed E-state index contributed by atoms with van der Waals surface area (Å²) in [4.78, 5) is 9.59. The molecule has 0 spiro atoms. The van der Waals surface area contributed by atoms with Gasteiger partial charge in [-0.15, -0.1) is 0 Å². The lowest BCUT2D eigenvalue weighted by molar-refractivity contribution is 0.215. The van der Waals surface area contributed by atoms with Crippen LogP contribution in [-0.2, 0) is 0 Å². The van der Waals surface area contributed by atoms with E-state index in [1.54, 1.807) is 11.9 Å². The van der Waals surface area contributed by atoms with Crippen LogP contribution in [0.3, 0.4) is 0 Å². The first-order valence-electron chi connectivity index (χ1n) is 4.51. The zero-order valence-corrected chi connectivity index (χ0v) is 9.78. The highest BCUT2D eigenvalue weighted by atomic mass is 35.5. The molecule has 6 heteroatoms. The Bertz CT molecular complexity index is 356. The Morgan fingerprint density at radius 3 is 2.67 bits per heavy atom. The molecule has 0 aromatic carbocycles. The number of hydrogen-bond donors (Lipinski definition) is 2. The summed E-state index contributed by atoms with van der Waals surface area (Å²) in [5.74, 6) is 0.522. The molecule has 1 rings (SSSR count). The van der Waals surface area contributed by atoms with Crippen molar-refractivity contribution in [2.45, 2.75) is 19.4 Å². The summed E-state index contributed by atoms with van der Waals surface area (Å²) in [6, 6.07) is 0. The standard InChI is InChI=1S/C9H15ClN4O/c1-9(2,4-15)14(3)8-6(11)7(10)12-5-13-8/h5,15H,4,11H2,1-3H3. The second kappa shape index (κ2) is 4.20. The first kappa shape index (κ1) is 12.0. The van der Waals surface area contributed by atoms with E-state index in [-0.39, 0.29) is 11.8 Å². The summed E-state index contributed by atoms with van der Waals surface area (Å²) in [6.45, 7) is 3.75. The van der Waals surface area contributed by atoms with Gasteiger partial charge in [0.1, 0.15) is 12.0 Å². The maximum atomic E-state index is 9.23. The fraction of sp³-hybridized carbons (Fsp3) is 0.556. The van der Waals surface area contributed by atoms with Crippen LogP contribution in [0, 0.1) is 0 Å². The molecule has 0 unspecified atom stereocenters. The second-order valence-electron chi connectivity index (χ2n) is 3.93. The Balaban J connectivity index is 3.12. The van der Waals surface area contributed by atoms with Crippen molar-refractivity contribution in [3.05, 3.63) is 11.5 Å². The number of likely N-dealkylation sites (N-methyl/N-ethyl adjacent to an activating group) is 1. The fourth-order valence-electron chi connectivity index (χ4n) is 1.03. The summed E-state index contributed by atoms with van der Waals surface area (Å²) >= 11 is 5.79. The van der Waals surface area contributed by atoms with E-state index in [4.69, 9.17) is 17.3 Å². The highest BCUT2D eigenvalue weighted by molar-refractivity contribution is 6.32. The molecule has 0 aliphatic rings. The van der Waals surface area contributed by atoms with E-state index in [0.717, 1.165) is 0 Å². The zero-order valence-electron chi connectivity index (χ0n) is 9.03. The number of rotatable bonds is 3. The molecule has 0 atom stereocenters. The normalized spacial score (nSPS) is 11.5. The number of nitrogens with zero attached hydrogens (tertiary/aromatic N) is 3. The number of aliphatic hydroxyl groups excluding tert-OH is 1. The molecule has 0 saturated heterocycles. The molecule has 1 aromatic rings. The molecule has 0 amide bonds. The van der Waals surface area contributed by atoms with Gasteiger partial charge in [0.2, 0.25) is 0 Å². The smallest absolute Gasteiger partial charge is 0.157 e. The fourth-order valence-corrected chi connectivity index (χ4v) is 1.15. The molecule has 0 fully saturated rings. The van der Waals surface area contributed by atoms with Gasteiger partial charge in [0.25, 0.3) is 0 Å². The molecule has 1 heterocycles. The van der Waals surface area contributed by atoms with Crippen LogP contribution < -0.4 is 10.6 Å². The van der Waals surface area contributed by atoms with E-state index >= 15 is 0 Å². The molecule has 0 bridgehead atoms. The zero-order chi connectivity index (χ0) is 11.6. The van der Waals surface area contributed by atoms with Crippen molar-refractivity contribution in [2.75, 3.05) is 24.3 Å². The summed E-state index contributed by atoms with van der Waals surface area (Å²) in [5.41, 5.74) is 5.62. The largest absolute Gasteiger partial charge is 0.394 e. The molecule has 0 aliphatic carbocycles. The van der Waals surface area contributed by atoms with Gasteiger partial charge in [0, 0.05) is 7.05 Å². The van der Waals surface area contributed by atoms with Crippen molar-refractivity contribution < 1.29 is 5.11 Å². The minimum Gasteiger partial charge on any atom is -0.394 e. The number of halogens is 1. The summed E-state index contributed by atoms with van der Waals surface area (Å²) < 4.78 is 0. The Morgan fingerprint density at radius 2 is 2.13 bits per heavy atom. The van der Waals surface area contributed by atoms with Gasteiger partial charge in [-0.1, -0.05) is 11.6 Å². The third-order valence-electron chi connectivity index (χ3n) is 2.43.